The van der Waals surface area contributed by atoms with Gasteiger partial charge in [0.15, 0.2) is 5.78 Å². The molecule has 2 aromatic rings. The molecule has 0 heterocycles. The Morgan fingerprint density at radius 3 is 2.39 bits per heavy atom. The first kappa shape index (κ1) is 12.7. The van der Waals surface area contributed by atoms with Crippen LogP contribution in [0.4, 0.5) is 0 Å². The molecule has 2 aromatic carbocycles. The quantitative estimate of drug-likeness (QED) is 0.783. The molecule has 0 saturated heterocycles. The Hall–Kier alpha value is -1.80. The SMILES string of the molecule is COc1ccc(C(=O)c2cccc(C)c2Cl)cc1. The van der Waals surface area contributed by atoms with Crippen molar-refractivity contribution in [3.63, 3.8) is 0 Å². The first-order valence-corrected chi connectivity index (χ1v) is 5.95. The second-order valence-corrected chi connectivity index (χ2v) is 4.37. The van der Waals surface area contributed by atoms with Crippen LogP contribution in [0.2, 0.25) is 5.02 Å². The number of benzene rings is 2. The van der Waals surface area contributed by atoms with E-state index in [0.717, 1.165) is 11.3 Å². The molecule has 0 aromatic heterocycles. The van der Waals surface area contributed by atoms with Crippen molar-refractivity contribution in [2.75, 3.05) is 7.11 Å². The monoisotopic (exact) mass is 260 g/mol. The summed E-state index contributed by atoms with van der Waals surface area (Å²) in [5, 5.41) is 0.512. The predicted molar refractivity (Wildman–Crippen MR) is 72.6 cm³/mol. The van der Waals surface area contributed by atoms with Gasteiger partial charge in [0, 0.05) is 11.1 Å². The summed E-state index contributed by atoms with van der Waals surface area (Å²) in [4.78, 5) is 12.3. The Bertz CT molecular complexity index is 574. The van der Waals surface area contributed by atoms with Crippen molar-refractivity contribution < 1.29 is 9.53 Å². The van der Waals surface area contributed by atoms with Gasteiger partial charge in [-0.3, -0.25) is 4.79 Å². The summed E-state index contributed by atoms with van der Waals surface area (Å²) in [6.45, 7) is 1.88. The molecule has 0 spiro atoms. The molecule has 0 N–H and O–H groups in total. The van der Waals surface area contributed by atoms with Gasteiger partial charge in [0.25, 0.3) is 0 Å². The van der Waals surface area contributed by atoms with Crippen LogP contribution in [0.15, 0.2) is 42.5 Å². The van der Waals surface area contributed by atoms with Crippen LogP contribution in [0.3, 0.4) is 0 Å². The molecule has 18 heavy (non-hydrogen) atoms. The molecule has 2 nitrogen and oxygen atoms in total. The summed E-state index contributed by atoms with van der Waals surface area (Å²) in [7, 11) is 1.59. The molecule has 0 aliphatic carbocycles. The van der Waals surface area contributed by atoms with E-state index in [9.17, 15) is 4.79 Å². The van der Waals surface area contributed by atoms with Crippen molar-refractivity contribution in [2.24, 2.45) is 0 Å². The molecule has 0 atom stereocenters. The Balaban J connectivity index is 2.38. The van der Waals surface area contributed by atoms with E-state index in [2.05, 4.69) is 0 Å². The molecule has 0 amide bonds. The van der Waals surface area contributed by atoms with Gasteiger partial charge in [-0.25, -0.2) is 0 Å². The summed E-state index contributed by atoms with van der Waals surface area (Å²) in [5.41, 5.74) is 2.03. The Morgan fingerprint density at radius 1 is 1.11 bits per heavy atom. The van der Waals surface area contributed by atoms with Gasteiger partial charge >= 0.3 is 0 Å². The Labute approximate surface area is 111 Å². The van der Waals surface area contributed by atoms with E-state index in [1.54, 1.807) is 37.4 Å². The van der Waals surface area contributed by atoms with E-state index < -0.39 is 0 Å². The molecular formula is C15H13ClO2. The van der Waals surface area contributed by atoms with E-state index >= 15 is 0 Å². The number of ether oxygens (including phenoxy) is 1. The van der Waals surface area contributed by atoms with E-state index in [1.807, 2.05) is 19.1 Å². The minimum atomic E-state index is -0.0775. The number of hydrogen-bond donors (Lipinski definition) is 0. The number of hydrogen-bond acceptors (Lipinski definition) is 2. The van der Waals surface area contributed by atoms with Crippen molar-refractivity contribution >= 4 is 17.4 Å². The van der Waals surface area contributed by atoms with E-state index in [0.29, 0.717) is 16.1 Å². The van der Waals surface area contributed by atoms with Crippen molar-refractivity contribution in [2.45, 2.75) is 6.92 Å². The third-order valence-electron chi connectivity index (χ3n) is 2.79. The van der Waals surface area contributed by atoms with Crippen molar-refractivity contribution in [3.05, 3.63) is 64.2 Å². The van der Waals surface area contributed by atoms with Crippen molar-refractivity contribution in [1.29, 1.82) is 0 Å². The van der Waals surface area contributed by atoms with Crippen molar-refractivity contribution in [3.8, 4) is 5.75 Å². The third-order valence-corrected chi connectivity index (χ3v) is 3.29. The van der Waals surface area contributed by atoms with Gasteiger partial charge < -0.3 is 4.74 Å². The zero-order valence-electron chi connectivity index (χ0n) is 10.2. The van der Waals surface area contributed by atoms with Crippen LogP contribution in [0.5, 0.6) is 5.75 Å². The maximum atomic E-state index is 12.3. The van der Waals surface area contributed by atoms with Gasteiger partial charge in [0.1, 0.15) is 5.75 Å². The largest absolute Gasteiger partial charge is 0.497 e. The third kappa shape index (κ3) is 2.39. The molecule has 2 rings (SSSR count). The maximum Gasteiger partial charge on any atom is 0.194 e. The smallest absolute Gasteiger partial charge is 0.194 e. The fourth-order valence-electron chi connectivity index (χ4n) is 1.72. The molecule has 92 valence electrons. The minimum absolute atomic E-state index is 0.0775. The zero-order valence-corrected chi connectivity index (χ0v) is 11.0. The van der Waals surface area contributed by atoms with Gasteiger partial charge in [-0.2, -0.15) is 0 Å². The predicted octanol–water partition coefficient (Wildman–Crippen LogP) is 3.89. The fourth-order valence-corrected chi connectivity index (χ4v) is 1.93. The molecule has 3 heteroatoms. The average Bonchev–Trinajstić information content (AvgIpc) is 2.41. The number of rotatable bonds is 3. The van der Waals surface area contributed by atoms with Crippen LogP contribution in [0.25, 0.3) is 0 Å². The summed E-state index contributed by atoms with van der Waals surface area (Å²) in [6, 6.07) is 12.4. The number of methoxy groups -OCH3 is 1. The minimum Gasteiger partial charge on any atom is -0.497 e. The first-order chi connectivity index (χ1) is 8.63. The first-order valence-electron chi connectivity index (χ1n) is 5.57. The lowest BCUT2D eigenvalue weighted by molar-refractivity contribution is 0.103. The molecule has 0 aliphatic heterocycles. The molecule has 0 saturated carbocycles. The lowest BCUT2D eigenvalue weighted by Crippen LogP contribution is -2.02. The maximum absolute atomic E-state index is 12.3. The van der Waals surface area contributed by atoms with Crippen LogP contribution in [0, 0.1) is 6.92 Å². The van der Waals surface area contributed by atoms with Gasteiger partial charge in [-0.15, -0.1) is 0 Å². The molecule has 0 aliphatic rings. The highest BCUT2D eigenvalue weighted by molar-refractivity contribution is 6.35. The number of halogens is 1. The van der Waals surface area contributed by atoms with E-state index in [1.165, 1.54) is 0 Å². The standard InChI is InChI=1S/C15H13ClO2/c1-10-4-3-5-13(14(10)16)15(17)11-6-8-12(18-2)9-7-11/h3-9H,1-2H3. The van der Waals surface area contributed by atoms with Gasteiger partial charge in [0.05, 0.1) is 12.1 Å². The lowest BCUT2D eigenvalue weighted by Gasteiger charge is -2.06. The highest BCUT2D eigenvalue weighted by Crippen LogP contribution is 2.23. The molecule has 0 unspecified atom stereocenters. The Kier molecular flexibility index (Phi) is 3.68. The molecular weight excluding hydrogens is 248 g/mol. The zero-order chi connectivity index (χ0) is 13.1. The summed E-state index contributed by atoms with van der Waals surface area (Å²) in [5.74, 6) is 0.647. The van der Waals surface area contributed by atoms with Gasteiger partial charge in [-0.05, 0) is 42.8 Å². The topological polar surface area (TPSA) is 26.3 Å². The molecule has 0 radical (unpaired) electrons. The van der Waals surface area contributed by atoms with Crippen molar-refractivity contribution in [1.82, 2.24) is 0 Å². The second kappa shape index (κ2) is 5.23. The van der Waals surface area contributed by atoms with Crippen LogP contribution >= 0.6 is 11.6 Å². The van der Waals surface area contributed by atoms with E-state index in [-0.39, 0.29) is 5.78 Å². The highest BCUT2D eigenvalue weighted by Gasteiger charge is 2.13. The van der Waals surface area contributed by atoms with Gasteiger partial charge in [-0.1, -0.05) is 23.7 Å². The summed E-state index contributed by atoms with van der Waals surface area (Å²) in [6.07, 6.45) is 0. The normalized spacial score (nSPS) is 10.2. The van der Waals surface area contributed by atoms with Crippen LogP contribution in [-0.4, -0.2) is 12.9 Å². The highest BCUT2D eigenvalue weighted by atomic mass is 35.5. The lowest BCUT2D eigenvalue weighted by atomic mass is 10.0. The number of carbonyl (C=O) groups excluding carboxylic acids is 1. The van der Waals surface area contributed by atoms with Crippen LogP contribution < -0.4 is 4.74 Å². The van der Waals surface area contributed by atoms with Crippen LogP contribution in [-0.2, 0) is 0 Å². The Morgan fingerprint density at radius 2 is 1.78 bits per heavy atom. The molecule has 0 fully saturated rings. The number of carbonyl (C=O) groups is 1. The average molecular weight is 261 g/mol. The second-order valence-electron chi connectivity index (χ2n) is 3.99. The fraction of sp³-hybridized carbons (Fsp3) is 0.133. The summed E-state index contributed by atoms with van der Waals surface area (Å²) >= 11 is 6.15. The van der Waals surface area contributed by atoms with Crippen LogP contribution in [0.1, 0.15) is 21.5 Å². The summed E-state index contributed by atoms with van der Waals surface area (Å²) < 4.78 is 5.06. The van der Waals surface area contributed by atoms with E-state index in [4.69, 9.17) is 16.3 Å². The van der Waals surface area contributed by atoms with Gasteiger partial charge in [0.2, 0.25) is 0 Å². The molecule has 0 bridgehead atoms. The number of ketones is 1. The number of aryl methyl sites for hydroxylation is 1.